The molecule has 1 aromatic carbocycles. The SMILES string of the molecule is Nc1ccc(-c2ccccc2F)nc1C(=O)Nc1cnccc1-c1ccncc1Cl. The van der Waals surface area contributed by atoms with Crippen molar-refractivity contribution < 1.29 is 9.18 Å². The van der Waals surface area contributed by atoms with Gasteiger partial charge in [0, 0.05) is 35.3 Å². The molecule has 3 aromatic heterocycles. The third-order valence-corrected chi connectivity index (χ3v) is 4.72. The number of carbonyl (C=O) groups is 1. The summed E-state index contributed by atoms with van der Waals surface area (Å²) >= 11 is 6.25. The number of rotatable bonds is 4. The van der Waals surface area contributed by atoms with Crippen LogP contribution in [0.3, 0.4) is 0 Å². The van der Waals surface area contributed by atoms with Crippen LogP contribution < -0.4 is 11.1 Å². The van der Waals surface area contributed by atoms with Crippen molar-refractivity contribution in [2.75, 3.05) is 11.1 Å². The highest BCUT2D eigenvalue weighted by Crippen LogP contribution is 2.32. The van der Waals surface area contributed by atoms with E-state index in [9.17, 15) is 9.18 Å². The van der Waals surface area contributed by atoms with Crippen molar-refractivity contribution >= 4 is 28.9 Å². The lowest BCUT2D eigenvalue weighted by Crippen LogP contribution is -2.17. The molecular formula is C22H15ClFN5O. The lowest BCUT2D eigenvalue weighted by Gasteiger charge is -2.13. The number of benzene rings is 1. The summed E-state index contributed by atoms with van der Waals surface area (Å²) in [5, 5.41) is 3.20. The molecule has 0 aliphatic rings. The second kappa shape index (κ2) is 8.26. The fourth-order valence-electron chi connectivity index (χ4n) is 2.97. The monoisotopic (exact) mass is 419 g/mol. The molecule has 4 aromatic rings. The van der Waals surface area contributed by atoms with E-state index in [1.54, 1.807) is 48.8 Å². The number of nitrogen functional groups attached to an aromatic ring is 1. The first-order chi connectivity index (χ1) is 14.5. The molecule has 0 saturated heterocycles. The topological polar surface area (TPSA) is 93.8 Å². The van der Waals surface area contributed by atoms with Gasteiger partial charge < -0.3 is 11.1 Å². The first-order valence-electron chi connectivity index (χ1n) is 8.91. The zero-order valence-corrected chi connectivity index (χ0v) is 16.3. The smallest absolute Gasteiger partial charge is 0.276 e. The second-order valence-corrected chi connectivity index (χ2v) is 6.75. The molecule has 8 heteroatoms. The van der Waals surface area contributed by atoms with Gasteiger partial charge in [-0.2, -0.15) is 0 Å². The summed E-state index contributed by atoms with van der Waals surface area (Å²) in [6, 6.07) is 12.7. The Kier molecular flexibility index (Phi) is 5.36. The molecule has 0 spiro atoms. The van der Waals surface area contributed by atoms with Gasteiger partial charge in [-0.3, -0.25) is 14.8 Å². The molecular weight excluding hydrogens is 405 g/mol. The number of hydrogen-bond acceptors (Lipinski definition) is 5. The van der Waals surface area contributed by atoms with Crippen molar-refractivity contribution in [3.8, 4) is 22.4 Å². The average molecular weight is 420 g/mol. The number of aromatic nitrogens is 3. The Morgan fingerprint density at radius 3 is 2.43 bits per heavy atom. The van der Waals surface area contributed by atoms with Gasteiger partial charge in [-0.25, -0.2) is 9.37 Å². The van der Waals surface area contributed by atoms with Crippen LogP contribution in [0.25, 0.3) is 22.4 Å². The van der Waals surface area contributed by atoms with E-state index in [-0.39, 0.29) is 16.9 Å². The molecule has 0 unspecified atom stereocenters. The summed E-state index contributed by atoms with van der Waals surface area (Å²) in [5.74, 6) is -0.992. The molecule has 148 valence electrons. The molecule has 6 nitrogen and oxygen atoms in total. The zero-order chi connectivity index (χ0) is 21.1. The Bertz CT molecular complexity index is 1250. The van der Waals surface area contributed by atoms with E-state index in [2.05, 4.69) is 20.3 Å². The quantitative estimate of drug-likeness (QED) is 0.494. The number of amides is 1. The molecule has 3 N–H and O–H groups in total. The summed E-state index contributed by atoms with van der Waals surface area (Å²) in [6.07, 6.45) is 6.21. The van der Waals surface area contributed by atoms with E-state index >= 15 is 0 Å². The molecule has 4 rings (SSSR count). The molecule has 0 aliphatic heterocycles. The first kappa shape index (κ1) is 19.5. The van der Waals surface area contributed by atoms with Crippen LogP contribution in [0.1, 0.15) is 10.5 Å². The van der Waals surface area contributed by atoms with Crippen molar-refractivity contribution in [1.82, 2.24) is 15.0 Å². The van der Waals surface area contributed by atoms with Crippen LogP contribution in [0.2, 0.25) is 5.02 Å². The Labute approximate surface area is 176 Å². The summed E-state index contributed by atoms with van der Waals surface area (Å²) in [6.45, 7) is 0. The fraction of sp³-hybridized carbons (Fsp3) is 0. The highest BCUT2D eigenvalue weighted by atomic mass is 35.5. The Balaban J connectivity index is 1.70. The van der Waals surface area contributed by atoms with Gasteiger partial charge >= 0.3 is 0 Å². The molecule has 1 amide bonds. The maximum Gasteiger partial charge on any atom is 0.276 e. The number of nitrogens with two attached hydrogens (primary N) is 1. The summed E-state index contributed by atoms with van der Waals surface area (Å²) in [5.41, 5.74) is 8.46. The summed E-state index contributed by atoms with van der Waals surface area (Å²) < 4.78 is 14.1. The Morgan fingerprint density at radius 2 is 1.67 bits per heavy atom. The minimum absolute atomic E-state index is 0.0219. The van der Waals surface area contributed by atoms with E-state index in [0.29, 0.717) is 27.5 Å². The third-order valence-electron chi connectivity index (χ3n) is 4.42. The van der Waals surface area contributed by atoms with Gasteiger partial charge in [0.1, 0.15) is 5.82 Å². The molecule has 0 bridgehead atoms. The van der Waals surface area contributed by atoms with Crippen molar-refractivity contribution in [2.24, 2.45) is 0 Å². The van der Waals surface area contributed by atoms with Crippen LogP contribution in [-0.4, -0.2) is 20.9 Å². The first-order valence-corrected chi connectivity index (χ1v) is 9.29. The maximum atomic E-state index is 14.1. The average Bonchev–Trinajstić information content (AvgIpc) is 2.75. The van der Waals surface area contributed by atoms with Crippen LogP contribution in [-0.2, 0) is 0 Å². The predicted octanol–water partition coefficient (Wildman–Crippen LogP) is 4.83. The van der Waals surface area contributed by atoms with Crippen molar-refractivity contribution in [1.29, 1.82) is 0 Å². The summed E-state index contributed by atoms with van der Waals surface area (Å²) in [4.78, 5) is 25.3. The lowest BCUT2D eigenvalue weighted by molar-refractivity contribution is 0.102. The van der Waals surface area contributed by atoms with Gasteiger partial charge in [-0.15, -0.1) is 0 Å². The highest BCUT2D eigenvalue weighted by molar-refractivity contribution is 6.33. The number of carbonyl (C=O) groups excluding carboxylic acids is 1. The predicted molar refractivity (Wildman–Crippen MR) is 114 cm³/mol. The van der Waals surface area contributed by atoms with Crippen LogP contribution in [0.4, 0.5) is 15.8 Å². The van der Waals surface area contributed by atoms with E-state index < -0.39 is 11.7 Å². The van der Waals surface area contributed by atoms with Crippen LogP contribution in [0.5, 0.6) is 0 Å². The Hall–Kier alpha value is -3.84. The molecule has 0 atom stereocenters. The molecule has 0 fully saturated rings. The van der Waals surface area contributed by atoms with Crippen LogP contribution in [0, 0.1) is 5.82 Å². The molecule has 0 saturated carbocycles. The van der Waals surface area contributed by atoms with E-state index in [1.807, 2.05) is 0 Å². The number of pyridine rings is 3. The second-order valence-electron chi connectivity index (χ2n) is 6.35. The van der Waals surface area contributed by atoms with E-state index in [1.165, 1.54) is 24.5 Å². The maximum absolute atomic E-state index is 14.1. The van der Waals surface area contributed by atoms with Crippen LogP contribution >= 0.6 is 11.6 Å². The van der Waals surface area contributed by atoms with Crippen molar-refractivity contribution in [3.63, 3.8) is 0 Å². The molecule has 0 aliphatic carbocycles. The number of nitrogens with zero attached hydrogens (tertiary/aromatic N) is 3. The van der Waals surface area contributed by atoms with Gasteiger partial charge in [-0.1, -0.05) is 23.7 Å². The van der Waals surface area contributed by atoms with Gasteiger partial charge in [-0.05, 0) is 36.4 Å². The van der Waals surface area contributed by atoms with Gasteiger partial charge in [0.15, 0.2) is 5.69 Å². The van der Waals surface area contributed by atoms with Crippen molar-refractivity contribution in [3.05, 3.63) is 89.9 Å². The van der Waals surface area contributed by atoms with E-state index in [0.717, 1.165) is 0 Å². The van der Waals surface area contributed by atoms with Gasteiger partial charge in [0.2, 0.25) is 0 Å². The largest absolute Gasteiger partial charge is 0.397 e. The van der Waals surface area contributed by atoms with Crippen LogP contribution in [0.15, 0.2) is 73.3 Å². The fourth-order valence-corrected chi connectivity index (χ4v) is 3.20. The normalized spacial score (nSPS) is 10.6. The van der Waals surface area contributed by atoms with E-state index in [4.69, 9.17) is 17.3 Å². The number of halogens is 2. The molecule has 30 heavy (non-hydrogen) atoms. The summed E-state index contributed by atoms with van der Waals surface area (Å²) in [7, 11) is 0. The lowest BCUT2D eigenvalue weighted by atomic mass is 10.1. The minimum Gasteiger partial charge on any atom is -0.397 e. The molecule has 3 heterocycles. The Morgan fingerprint density at radius 1 is 0.933 bits per heavy atom. The standard InChI is InChI=1S/C22H15ClFN5O/c23-16-11-26-9-7-13(16)14-8-10-27-12-20(14)29-22(30)21-18(25)5-6-19(28-21)15-3-1-2-4-17(15)24/h1-12H,25H2,(H,29,30). The minimum atomic E-state index is -0.551. The van der Waals surface area contributed by atoms with Gasteiger partial charge in [0.05, 0.1) is 28.3 Å². The number of nitrogens with one attached hydrogen (secondary N) is 1. The number of anilines is 2. The van der Waals surface area contributed by atoms with Crippen molar-refractivity contribution in [2.45, 2.75) is 0 Å². The molecule has 0 radical (unpaired) electrons. The number of hydrogen-bond donors (Lipinski definition) is 2. The highest BCUT2D eigenvalue weighted by Gasteiger charge is 2.17. The van der Waals surface area contributed by atoms with Gasteiger partial charge in [0.25, 0.3) is 5.91 Å². The zero-order valence-electron chi connectivity index (χ0n) is 15.5. The third kappa shape index (κ3) is 3.83.